The largest absolute Gasteiger partial charge is 0.485 e. The topological polar surface area (TPSA) is 79.8 Å². The zero-order valence-electron chi connectivity index (χ0n) is 11.6. The lowest BCUT2D eigenvalue weighted by Gasteiger charge is -2.13. The molecule has 120 valence electrons. The van der Waals surface area contributed by atoms with Crippen molar-refractivity contribution in [3.8, 4) is 0 Å². The first-order chi connectivity index (χ1) is 11.1. The molecule has 0 bridgehead atoms. The first-order valence-electron chi connectivity index (χ1n) is 6.71. The van der Waals surface area contributed by atoms with Gasteiger partial charge < -0.3 is 15.5 Å². The second-order valence-electron chi connectivity index (χ2n) is 4.77. The molecule has 3 N–H and O–H groups in total. The van der Waals surface area contributed by atoms with Crippen LogP contribution in [0.5, 0.6) is 0 Å². The van der Waals surface area contributed by atoms with Crippen LogP contribution in [-0.2, 0) is 13.6 Å². The molecule has 0 aliphatic carbocycles. The van der Waals surface area contributed by atoms with Gasteiger partial charge in [-0.1, -0.05) is 24.3 Å². The van der Waals surface area contributed by atoms with Crippen molar-refractivity contribution in [2.75, 3.05) is 10.6 Å². The summed E-state index contributed by atoms with van der Waals surface area (Å²) in [5.74, 6) is 0. The molecular formula is C14H13N2O4PS2. The predicted molar refractivity (Wildman–Crippen MR) is 96.6 cm³/mol. The quantitative estimate of drug-likeness (QED) is 0.318. The van der Waals surface area contributed by atoms with E-state index in [1.54, 1.807) is 0 Å². The molecule has 0 amide bonds. The van der Waals surface area contributed by atoms with E-state index in [-0.39, 0.29) is 10.3 Å². The Labute approximate surface area is 140 Å². The van der Waals surface area contributed by atoms with Crippen LogP contribution in [0, 0.1) is 0 Å². The molecule has 4 rings (SSSR count). The molecule has 0 atom stereocenters. The Morgan fingerprint density at radius 2 is 1.26 bits per heavy atom. The van der Waals surface area contributed by atoms with E-state index >= 15 is 0 Å². The van der Waals surface area contributed by atoms with Gasteiger partial charge in [0.25, 0.3) is 0 Å². The number of anilines is 2. The number of hydrogen-bond donors (Lipinski definition) is 5. The molecule has 2 aromatic rings. The predicted octanol–water partition coefficient (Wildman–Crippen LogP) is 3.20. The van der Waals surface area contributed by atoms with Crippen LogP contribution in [0.1, 0.15) is 0 Å². The smallest absolute Gasteiger partial charge is 0.330 e. The van der Waals surface area contributed by atoms with E-state index in [4.69, 9.17) is 9.05 Å². The Morgan fingerprint density at radius 1 is 0.826 bits per heavy atom. The van der Waals surface area contributed by atoms with Crippen molar-refractivity contribution in [2.24, 2.45) is 0 Å². The Balaban J connectivity index is 1.45. The Bertz CT molecular complexity index is 830. The third-order valence-corrected chi connectivity index (χ3v) is 6.33. The molecule has 2 aliphatic rings. The lowest BCUT2D eigenvalue weighted by Crippen LogP contribution is -2.15. The van der Waals surface area contributed by atoms with Gasteiger partial charge in [0.2, 0.25) is 0 Å². The van der Waals surface area contributed by atoms with E-state index < -0.39 is 7.82 Å². The van der Waals surface area contributed by atoms with Crippen molar-refractivity contribution >= 4 is 52.2 Å². The van der Waals surface area contributed by atoms with Crippen molar-refractivity contribution in [3.63, 3.8) is 0 Å². The lowest BCUT2D eigenvalue weighted by atomic mass is 10.3. The highest BCUT2D eigenvalue weighted by molar-refractivity contribution is 8.00. The van der Waals surface area contributed by atoms with E-state index in [9.17, 15) is 9.46 Å². The second-order valence-corrected chi connectivity index (χ2v) is 8.29. The molecule has 23 heavy (non-hydrogen) atoms. The molecule has 2 aromatic carbocycles. The molecule has 0 saturated carbocycles. The van der Waals surface area contributed by atoms with E-state index in [2.05, 4.69) is 10.6 Å². The molecule has 0 unspecified atom stereocenters. The van der Waals surface area contributed by atoms with Gasteiger partial charge in [0.05, 0.1) is 11.4 Å². The lowest BCUT2D eigenvalue weighted by molar-refractivity contribution is 0.287. The molecule has 9 heteroatoms. The van der Waals surface area contributed by atoms with E-state index in [0.717, 1.165) is 21.2 Å². The summed E-state index contributed by atoms with van der Waals surface area (Å²) < 4.78 is 22.5. The summed E-state index contributed by atoms with van der Waals surface area (Å²) in [6, 6.07) is 15.2. The maximum atomic E-state index is 12.2. The van der Waals surface area contributed by atoms with E-state index in [1.165, 1.54) is 0 Å². The molecule has 2 aliphatic heterocycles. The Hall–Kier alpha value is -1.41. The molecule has 0 radical (unpaired) electrons. The molecule has 0 spiro atoms. The fourth-order valence-corrected chi connectivity index (χ4v) is 5.31. The monoisotopic (exact) mass is 368 g/mol. The van der Waals surface area contributed by atoms with Gasteiger partial charge in [-0.2, -0.15) is 0 Å². The minimum absolute atomic E-state index is 0.282. The minimum atomic E-state index is -4.26. The number of nitrogens with one attached hydrogen (secondary N) is 2. The molecule has 0 fully saturated rings. The first-order valence-corrected chi connectivity index (χ1v) is 9.99. The van der Waals surface area contributed by atoms with Crippen molar-refractivity contribution in [1.82, 2.24) is 0 Å². The van der Waals surface area contributed by atoms with Crippen LogP contribution >= 0.6 is 30.5 Å². The normalized spacial score (nSPS) is 15.9. The Morgan fingerprint density at radius 3 is 1.70 bits per heavy atom. The highest BCUT2D eigenvalue weighted by Crippen LogP contribution is 2.47. The number of hydrogen-bond acceptors (Lipinski definition) is 5. The fraction of sp³-hybridized carbons (Fsp3) is 0. The van der Waals surface area contributed by atoms with Crippen LogP contribution < -0.4 is 10.6 Å². The maximum Gasteiger partial charge on any atom is 0.485 e. The van der Waals surface area contributed by atoms with Crippen LogP contribution in [0.2, 0.25) is 0 Å². The number of benzene rings is 2. The van der Waals surface area contributed by atoms with Crippen molar-refractivity contribution in [2.45, 2.75) is 9.79 Å². The van der Waals surface area contributed by atoms with Crippen LogP contribution in [0.15, 0.2) is 58.3 Å². The number of thiol groups is 2. The van der Waals surface area contributed by atoms with Crippen LogP contribution in [-0.4, -0.2) is 15.2 Å². The number of rotatable bonds is 2. The average molecular weight is 368 g/mol. The summed E-state index contributed by atoms with van der Waals surface area (Å²) >= 11 is 1.41. The molecular weight excluding hydrogens is 355 g/mol. The van der Waals surface area contributed by atoms with Crippen LogP contribution in [0.4, 0.5) is 11.4 Å². The number of fused-ring (bicyclic) bond motifs is 2. The summed E-state index contributed by atoms with van der Waals surface area (Å²) in [6.07, 6.45) is 0. The highest BCUT2D eigenvalue weighted by Gasteiger charge is 2.29. The molecule has 0 aromatic heterocycles. The second kappa shape index (κ2) is 5.90. The maximum absolute atomic E-state index is 12.2. The molecule has 0 saturated heterocycles. The van der Waals surface area contributed by atoms with Gasteiger partial charge in [0.1, 0.15) is 0 Å². The SMILES string of the molecule is O=P(O)(OC1=[SH]c2ccccc2N1)OC1=[SH]c2ccccc2N1. The summed E-state index contributed by atoms with van der Waals surface area (Å²) in [6.45, 7) is 0. The summed E-state index contributed by atoms with van der Waals surface area (Å²) in [4.78, 5) is 11.9. The first kappa shape index (κ1) is 15.1. The summed E-state index contributed by atoms with van der Waals surface area (Å²) in [5, 5.41) is 6.51. The van der Waals surface area contributed by atoms with Crippen LogP contribution in [0.3, 0.4) is 0 Å². The number of phosphoric acid groups is 1. The zero-order valence-corrected chi connectivity index (χ0v) is 14.3. The van der Waals surface area contributed by atoms with E-state index in [1.807, 2.05) is 48.5 Å². The summed E-state index contributed by atoms with van der Waals surface area (Å²) in [7, 11) is -4.26. The molecule has 6 nitrogen and oxygen atoms in total. The molecule has 2 heterocycles. The third kappa shape index (κ3) is 3.28. The average Bonchev–Trinajstić information content (AvgIpc) is 3.07. The minimum Gasteiger partial charge on any atom is -0.330 e. The van der Waals surface area contributed by atoms with Crippen molar-refractivity contribution in [1.29, 1.82) is 0 Å². The van der Waals surface area contributed by atoms with Crippen molar-refractivity contribution < 1.29 is 18.5 Å². The highest BCUT2D eigenvalue weighted by atomic mass is 32.1. The van der Waals surface area contributed by atoms with Gasteiger partial charge >= 0.3 is 7.82 Å². The fourth-order valence-electron chi connectivity index (χ4n) is 2.18. The van der Waals surface area contributed by atoms with Gasteiger partial charge in [-0.25, -0.2) is 13.6 Å². The van der Waals surface area contributed by atoms with E-state index in [0.29, 0.717) is 22.7 Å². The third-order valence-electron chi connectivity index (χ3n) is 3.14. The zero-order chi connectivity index (χ0) is 15.9. The Kier molecular flexibility index (Phi) is 3.88. The van der Waals surface area contributed by atoms with Gasteiger partial charge in [-0.15, -0.1) is 22.7 Å². The van der Waals surface area contributed by atoms with Gasteiger partial charge in [0, 0.05) is 9.79 Å². The van der Waals surface area contributed by atoms with Crippen molar-refractivity contribution in [3.05, 3.63) is 48.5 Å². The van der Waals surface area contributed by atoms with Crippen LogP contribution in [0.25, 0.3) is 0 Å². The standard InChI is InChI=1S/C14H13N2O4PS2/c17-21(18,19-13-15-9-5-1-3-7-11(9)22-13)20-14-16-10-6-2-4-8-12(10)23-14/h1-8,15-16,22-23H,(H,17,18). The van der Waals surface area contributed by atoms with Gasteiger partial charge in [-0.3, -0.25) is 0 Å². The van der Waals surface area contributed by atoms with Gasteiger partial charge in [0.15, 0.2) is 10.3 Å². The summed E-state index contributed by atoms with van der Waals surface area (Å²) in [5.41, 5.74) is 1.72. The number of phosphoric ester groups is 1. The number of para-hydroxylation sites is 2. The van der Waals surface area contributed by atoms with Gasteiger partial charge in [-0.05, 0) is 24.3 Å².